The van der Waals surface area contributed by atoms with E-state index in [9.17, 15) is 4.79 Å². The van der Waals surface area contributed by atoms with Crippen LogP contribution in [0.1, 0.15) is 10.4 Å². The van der Waals surface area contributed by atoms with Gasteiger partial charge in [-0.2, -0.15) is 0 Å². The van der Waals surface area contributed by atoms with Crippen molar-refractivity contribution in [2.45, 2.75) is 5.03 Å². The summed E-state index contributed by atoms with van der Waals surface area (Å²) in [4.78, 5) is 15.6. The number of hydrogen-bond donors (Lipinski definition) is 2. The highest BCUT2D eigenvalue weighted by Gasteiger charge is 2.04. The number of aromatic nitrogens is 1. The molecule has 2 rings (SSSR count). The van der Waals surface area contributed by atoms with Crippen molar-refractivity contribution in [2.75, 3.05) is 12.4 Å². The molecule has 2 aromatic rings. The third kappa shape index (κ3) is 4.93. The Morgan fingerprint density at radius 2 is 2.24 bits per heavy atom. The van der Waals surface area contributed by atoms with E-state index in [0.717, 1.165) is 10.8 Å². The molecular weight excluding hydrogens is 310 g/mol. The number of nitrogens with zero attached hydrogens (tertiary/aromatic N) is 1. The summed E-state index contributed by atoms with van der Waals surface area (Å²) in [6.07, 6.45) is 1.61. The lowest BCUT2D eigenvalue weighted by Gasteiger charge is -2.07. The molecule has 0 fully saturated rings. The molecule has 5 nitrogen and oxygen atoms in total. The van der Waals surface area contributed by atoms with Gasteiger partial charge in [-0.25, -0.2) is 10.8 Å². The van der Waals surface area contributed by atoms with Crippen molar-refractivity contribution in [3.8, 4) is 5.75 Å². The van der Waals surface area contributed by atoms with E-state index in [1.54, 1.807) is 48.3 Å². The minimum absolute atomic E-state index is 0.347. The first-order valence-corrected chi connectivity index (χ1v) is 7.53. The van der Waals surface area contributed by atoms with E-state index in [2.05, 4.69) is 10.4 Å². The Kier molecular flexibility index (Phi) is 5.86. The molecule has 110 valence electrons. The molecule has 0 spiro atoms. The maximum absolute atomic E-state index is 11.4. The average Bonchev–Trinajstić information content (AvgIpc) is 2.53. The van der Waals surface area contributed by atoms with E-state index in [-0.39, 0.29) is 5.91 Å². The van der Waals surface area contributed by atoms with Gasteiger partial charge in [-0.3, -0.25) is 10.2 Å². The van der Waals surface area contributed by atoms with E-state index < -0.39 is 0 Å². The number of hydrazine groups is 1. The number of hydrogen-bond acceptors (Lipinski definition) is 5. The van der Waals surface area contributed by atoms with Crippen molar-refractivity contribution in [2.24, 2.45) is 5.84 Å². The highest BCUT2D eigenvalue weighted by Crippen LogP contribution is 2.18. The first-order valence-electron chi connectivity index (χ1n) is 6.17. The molecule has 3 N–H and O–H groups in total. The van der Waals surface area contributed by atoms with E-state index in [0.29, 0.717) is 22.9 Å². The molecule has 0 aliphatic carbocycles. The van der Waals surface area contributed by atoms with Crippen LogP contribution in [0.3, 0.4) is 0 Å². The molecule has 0 saturated heterocycles. The Morgan fingerprint density at radius 3 is 2.95 bits per heavy atom. The van der Waals surface area contributed by atoms with Crippen LogP contribution in [0.2, 0.25) is 5.02 Å². The quantitative estimate of drug-likeness (QED) is 0.281. The topological polar surface area (TPSA) is 77.2 Å². The van der Waals surface area contributed by atoms with E-state index in [1.807, 2.05) is 6.07 Å². The third-order valence-electron chi connectivity index (χ3n) is 2.53. The number of thioether (sulfide) groups is 1. The molecule has 7 heteroatoms. The van der Waals surface area contributed by atoms with Crippen molar-refractivity contribution in [3.63, 3.8) is 0 Å². The van der Waals surface area contributed by atoms with Crippen LogP contribution in [0, 0.1) is 0 Å². The highest BCUT2D eigenvalue weighted by molar-refractivity contribution is 7.99. The lowest BCUT2D eigenvalue weighted by atomic mass is 10.2. The predicted molar refractivity (Wildman–Crippen MR) is 83.6 cm³/mol. The second-order valence-corrected chi connectivity index (χ2v) is 5.56. The third-order valence-corrected chi connectivity index (χ3v) is 3.66. The number of benzene rings is 1. The number of halogens is 1. The normalized spacial score (nSPS) is 10.2. The molecule has 1 aromatic heterocycles. The van der Waals surface area contributed by atoms with Crippen molar-refractivity contribution in [3.05, 3.63) is 53.2 Å². The summed E-state index contributed by atoms with van der Waals surface area (Å²) in [6, 6.07) is 10.5. The zero-order valence-corrected chi connectivity index (χ0v) is 12.7. The lowest BCUT2D eigenvalue weighted by Crippen LogP contribution is -2.29. The van der Waals surface area contributed by atoms with Gasteiger partial charge >= 0.3 is 0 Å². The zero-order valence-electron chi connectivity index (χ0n) is 11.1. The molecule has 0 radical (unpaired) electrons. The van der Waals surface area contributed by atoms with Crippen LogP contribution in [0.15, 0.2) is 47.6 Å². The average molecular weight is 324 g/mol. The zero-order chi connectivity index (χ0) is 15.1. The highest BCUT2D eigenvalue weighted by atomic mass is 35.5. The number of pyridine rings is 1. The smallest absolute Gasteiger partial charge is 0.265 e. The molecule has 0 aliphatic heterocycles. The maximum Gasteiger partial charge on any atom is 0.265 e. The Hall–Kier alpha value is -1.76. The van der Waals surface area contributed by atoms with Crippen LogP contribution in [0.5, 0.6) is 5.75 Å². The predicted octanol–water partition coefficient (Wildman–Crippen LogP) is 2.51. The Morgan fingerprint density at radius 1 is 1.38 bits per heavy atom. The van der Waals surface area contributed by atoms with E-state index in [4.69, 9.17) is 22.2 Å². The van der Waals surface area contributed by atoms with Crippen LogP contribution in [-0.2, 0) is 0 Å². The maximum atomic E-state index is 11.4. The first kappa shape index (κ1) is 15.6. The molecule has 0 saturated carbocycles. The van der Waals surface area contributed by atoms with Gasteiger partial charge in [0.1, 0.15) is 5.75 Å². The minimum Gasteiger partial charge on any atom is -0.493 e. The molecule has 1 aromatic carbocycles. The number of nitrogen functional groups attached to an aromatic ring is 1. The molecule has 0 atom stereocenters. The SMILES string of the molecule is NNC(=O)c1cccc(OCCSc2ccc(Cl)cn2)c1. The van der Waals surface area contributed by atoms with Gasteiger partial charge < -0.3 is 4.74 Å². The second kappa shape index (κ2) is 7.87. The summed E-state index contributed by atoms with van der Waals surface area (Å²) in [5, 5.41) is 1.50. The van der Waals surface area contributed by atoms with Gasteiger partial charge in [-0.05, 0) is 30.3 Å². The number of carbonyl (C=O) groups is 1. The lowest BCUT2D eigenvalue weighted by molar-refractivity contribution is 0.0953. The van der Waals surface area contributed by atoms with Crippen molar-refractivity contribution >= 4 is 29.3 Å². The Balaban J connectivity index is 1.80. The number of nitrogens with two attached hydrogens (primary N) is 1. The molecule has 0 aliphatic rings. The number of rotatable bonds is 6. The fourth-order valence-corrected chi connectivity index (χ4v) is 2.34. The molecule has 1 amide bonds. The van der Waals surface area contributed by atoms with Crippen molar-refractivity contribution in [1.29, 1.82) is 0 Å². The molecule has 21 heavy (non-hydrogen) atoms. The Bertz CT molecular complexity index is 607. The molecule has 0 unspecified atom stereocenters. The molecule has 1 heterocycles. The summed E-state index contributed by atoms with van der Waals surface area (Å²) in [5.74, 6) is 6.11. The van der Waals surface area contributed by atoms with Gasteiger partial charge in [0, 0.05) is 17.5 Å². The van der Waals surface area contributed by atoms with Crippen molar-refractivity contribution < 1.29 is 9.53 Å². The largest absolute Gasteiger partial charge is 0.493 e. The number of carbonyl (C=O) groups excluding carboxylic acids is 1. The number of ether oxygens (including phenoxy) is 1. The summed E-state index contributed by atoms with van der Waals surface area (Å²) < 4.78 is 5.59. The van der Waals surface area contributed by atoms with Crippen LogP contribution < -0.4 is 16.0 Å². The van der Waals surface area contributed by atoms with Gasteiger partial charge in [0.25, 0.3) is 5.91 Å². The number of nitrogens with one attached hydrogen (secondary N) is 1. The van der Waals surface area contributed by atoms with Gasteiger partial charge in [0.05, 0.1) is 16.7 Å². The summed E-state index contributed by atoms with van der Waals surface area (Å²) in [6.45, 7) is 0.503. The van der Waals surface area contributed by atoms with Gasteiger partial charge in [0.2, 0.25) is 0 Å². The van der Waals surface area contributed by atoms with E-state index >= 15 is 0 Å². The summed E-state index contributed by atoms with van der Waals surface area (Å²) >= 11 is 7.34. The van der Waals surface area contributed by atoms with E-state index in [1.165, 1.54) is 0 Å². The molecule has 0 bridgehead atoms. The van der Waals surface area contributed by atoms with Crippen molar-refractivity contribution in [1.82, 2.24) is 10.4 Å². The van der Waals surface area contributed by atoms with Gasteiger partial charge in [-0.15, -0.1) is 11.8 Å². The van der Waals surface area contributed by atoms with Crippen LogP contribution in [0.4, 0.5) is 0 Å². The monoisotopic (exact) mass is 323 g/mol. The first-order chi connectivity index (χ1) is 10.2. The summed E-state index contributed by atoms with van der Waals surface area (Å²) in [7, 11) is 0. The molecular formula is C14H14ClN3O2S. The number of amides is 1. The minimum atomic E-state index is -0.347. The van der Waals surface area contributed by atoms with Gasteiger partial charge in [0.15, 0.2) is 0 Å². The fourth-order valence-electron chi connectivity index (χ4n) is 1.56. The Labute approximate surface area is 131 Å². The van der Waals surface area contributed by atoms with Gasteiger partial charge in [-0.1, -0.05) is 17.7 Å². The summed E-state index contributed by atoms with van der Waals surface area (Å²) in [5.41, 5.74) is 2.54. The van der Waals surface area contributed by atoms with Crippen LogP contribution >= 0.6 is 23.4 Å². The van der Waals surface area contributed by atoms with Crippen LogP contribution in [-0.4, -0.2) is 23.3 Å². The fraction of sp³-hybridized carbons (Fsp3) is 0.143. The standard InChI is InChI=1S/C14H14ClN3O2S/c15-11-4-5-13(17-9-11)21-7-6-20-12-3-1-2-10(8-12)14(19)18-16/h1-5,8-9H,6-7,16H2,(H,18,19). The second-order valence-electron chi connectivity index (χ2n) is 4.01. The van der Waals surface area contributed by atoms with Crippen LogP contribution in [0.25, 0.3) is 0 Å².